The molecule has 10 heteroatoms. The summed E-state index contributed by atoms with van der Waals surface area (Å²) in [6.45, 7) is -0.134. The van der Waals surface area contributed by atoms with Gasteiger partial charge in [-0.3, -0.25) is 9.48 Å². The van der Waals surface area contributed by atoms with Crippen molar-refractivity contribution in [1.82, 2.24) is 19.7 Å². The lowest BCUT2D eigenvalue weighted by molar-refractivity contribution is -0.141. The number of carbonyl (C=O) groups excluding carboxylic acids is 1. The van der Waals surface area contributed by atoms with E-state index in [0.717, 1.165) is 12.3 Å². The van der Waals surface area contributed by atoms with Crippen LogP contribution in [0.25, 0.3) is 0 Å². The molecule has 106 valence electrons. The zero-order valence-electron chi connectivity index (χ0n) is 9.92. The second-order valence-electron chi connectivity index (χ2n) is 3.78. The van der Waals surface area contributed by atoms with Gasteiger partial charge in [0, 0.05) is 12.4 Å². The molecule has 0 fully saturated rings. The Hall–Kier alpha value is -2.65. The van der Waals surface area contributed by atoms with Crippen LogP contribution in [0.1, 0.15) is 5.69 Å². The van der Waals surface area contributed by atoms with Crippen molar-refractivity contribution in [1.29, 1.82) is 0 Å². The summed E-state index contributed by atoms with van der Waals surface area (Å²) < 4.78 is 38.6. The zero-order valence-corrected chi connectivity index (χ0v) is 9.92. The van der Waals surface area contributed by atoms with Gasteiger partial charge in [-0.05, 0) is 6.07 Å². The topological polar surface area (TPSA) is 98.7 Å². The molecule has 0 spiro atoms. The summed E-state index contributed by atoms with van der Waals surface area (Å²) in [6.07, 6.45) is -0.845. The lowest BCUT2D eigenvalue weighted by Gasteiger charge is -2.07. The van der Waals surface area contributed by atoms with Gasteiger partial charge in [-0.15, -0.1) is 0 Å². The third-order valence-electron chi connectivity index (χ3n) is 2.15. The summed E-state index contributed by atoms with van der Waals surface area (Å²) >= 11 is 0. The first-order valence-corrected chi connectivity index (χ1v) is 5.32. The van der Waals surface area contributed by atoms with E-state index in [2.05, 4.69) is 20.4 Å². The molecular formula is C10H9F3N6O. The number of anilines is 2. The maximum absolute atomic E-state index is 12.5. The van der Waals surface area contributed by atoms with E-state index >= 15 is 0 Å². The number of alkyl halides is 3. The summed E-state index contributed by atoms with van der Waals surface area (Å²) in [7, 11) is 0. The minimum atomic E-state index is -4.55. The number of primary amides is 1. The van der Waals surface area contributed by atoms with Crippen LogP contribution >= 0.6 is 0 Å². The standard InChI is InChI=1S/C10H9F3N6O/c11-10(12,13)7-1-2-15-9(18-7)17-6-3-16-19(4-6)5-8(14)20/h1-4H,5H2,(H2,14,20)(H,15,17,18). The third kappa shape index (κ3) is 3.43. The molecule has 0 aromatic carbocycles. The van der Waals surface area contributed by atoms with Crippen LogP contribution in [0.3, 0.4) is 0 Å². The summed E-state index contributed by atoms with van der Waals surface area (Å²) in [5.74, 6) is -0.812. The molecule has 0 aliphatic carbocycles. The van der Waals surface area contributed by atoms with Gasteiger partial charge < -0.3 is 11.1 Å². The lowest BCUT2D eigenvalue weighted by Crippen LogP contribution is -2.18. The monoisotopic (exact) mass is 286 g/mol. The molecular weight excluding hydrogens is 277 g/mol. The van der Waals surface area contributed by atoms with Gasteiger partial charge in [-0.1, -0.05) is 0 Å². The largest absolute Gasteiger partial charge is 0.433 e. The molecule has 2 heterocycles. The highest BCUT2D eigenvalue weighted by Crippen LogP contribution is 2.27. The third-order valence-corrected chi connectivity index (χ3v) is 2.15. The van der Waals surface area contributed by atoms with Crippen LogP contribution in [0.4, 0.5) is 24.8 Å². The average Bonchev–Trinajstić information content (AvgIpc) is 2.75. The van der Waals surface area contributed by atoms with E-state index in [-0.39, 0.29) is 12.5 Å². The number of nitrogens with two attached hydrogens (primary N) is 1. The number of nitrogens with zero attached hydrogens (tertiary/aromatic N) is 4. The Labute approximate surface area is 110 Å². The molecule has 0 aliphatic heterocycles. The minimum absolute atomic E-state index is 0.134. The van der Waals surface area contributed by atoms with Crippen LogP contribution in [0, 0.1) is 0 Å². The van der Waals surface area contributed by atoms with Crippen LogP contribution in [-0.4, -0.2) is 25.7 Å². The SMILES string of the molecule is NC(=O)Cn1cc(Nc2nccc(C(F)(F)F)n2)cn1. The Morgan fingerprint density at radius 1 is 1.45 bits per heavy atom. The quantitative estimate of drug-likeness (QED) is 0.870. The Kier molecular flexibility index (Phi) is 3.55. The zero-order chi connectivity index (χ0) is 14.8. The van der Waals surface area contributed by atoms with Gasteiger partial charge >= 0.3 is 6.18 Å². The summed E-state index contributed by atoms with van der Waals surface area (Å²) in [4.78, 5) is 17.7. The fourth-order valence-electron chi connectivity index (χ4n) is 1.38. The molecule has 0 bridgehead atoms. The average molecular weight is 286 g/mol. The number of hydrogen-bond donors (Lipinski definition) is 2. The molecule has 3 N–H and O–H groups in total. The molecule has 7 nitrogen and oxygen atoms in total. The molecule has 0 aliphatic rings. The number of halogens is 3. The van der Waals surface area contributed by atoms with Gasteiger partial charge in [0.15, 0.2) is 0 Å². The van der Waals surface area contributed by atoms with Crippen molar-refractivity contribution >= 4 is 17.5 Å². The van der Waals surface area contributed by atoms with Gasteiger partial charge in [0.2, 0.25) is 11.9 Å². The van der Waals surface area contributed by atoms with Gasteiger partial charge in [0.25, 0.3) is 0 Å². The summed E-state index contributed by atoms with van der Waals surface area (Å²) in [6, 6.07) is 0.766. The number of carbonyl (C=O) groups is 1. The van der Waals surface area contributed by atoms with Crippen molar-refractivity contribution in [2.75, 3.05) is 5.32 Å². The second-order valence-corrected chi connectivity index (χ2v) is 3.78. The highest BCUT2D eigenvalue weighted by atomic mass is 19.4. The Morgan fingerprint density at radius 2 is 2.20 bits per heavy atom. The lowest BCUT2D eigenvalue weighted by atomic mass is 10.4. The highest BCUT2D eigenvalue weighted by Gasteiger charge is 2.32. The maximum atomic E-state index is 12.5. The molecule has 20 heavy (non-hydrogen) atoms. The van der Waals surface area contributed by atoms with Gasteiger partial charge in [-0.2, -0.15) is 18.3 Å². The van der Waals surface area contributed by atoms with E-state index in [4.69, 9.17) is 5.73 Å². The predicted molar refractivity (Wildman–Crippen MR) is 61.7 cm³/mol. The predicted octanol–water partition coefficient (Wildman–Crippen LogP) is 0.921. The van der Waals surface area contributed by atoms with Crippen LogP contribution in [0.15, 0.2) is 24.7 Å². The molecule has 1 amide bonds. The van der Waals surface area contributed by atoms with Gasteiger partial charge in [0.05, 0.1) is 11.9 Å². The summed E-state index contributed by atoms with van der Waals surface area (Å²) in [5.41, 5.74) is 4.27. The molecule has 0 atom stereocenters. The number of aromatic nitrogens is 4. The van der Waals surface area contributed by atoms with Crippen LogP contribution in [-0.2, 0) is 17.5 Å². The van der Waals surface area contributed by atoms with Crippen LogP contribution < -0.4 is 11.1 Å². The van der Waals surface area contributed by atoms with Crippen LogP contribution in [0.5, 0.6) is 0 Å². The number of nitrogens with one attached hydrogen (secondary N) is 1. The van der Waals surface area contributed by atoms with Crippen molar-refractivity contribution < 1.29 is 18.0 Å². The van der Waals surface area contributed by atoms with Crippen molar-refractivity contribution in [3.63, 3.8) is 0 Å². The highest BCUT2D eigenvalue weighted by molar-refractivity contribution is 5.73. The van der Waals surface area contributed by atoms with Crippen molar-refractivity contribution in [3.8, 4) is 0 Å². The van der Waals surface area contributed by atoms with E-state index in [1.807, 2.05) is 0 Å². The Balaban J connectivity index is 2.14. The first-order valence-electron chi connectivity index (χ1n) is 5.32. The van der Waals surface area contributed by atoms with E-state index in [9.17, 15) is 18.0 Å². The minimum Gasteiger partial charge on any atom is -0.368 e. The Morgan fingerprint density at radius 3 is 2.85 bits per heavy atom. The molecule has 2 aromatic rings. The molecule has 0 unspecified atom stereocenters. The number of rotatable bonds is 4. The van der Waals surface area contributed by atoms with Crippen molar-refractivity contribution in [2.45, 2.75) is 12.7 Å². The molecule has 2 rings (SSSR count). The summed E-state index contributed by atoms with van der Waals surface area (Å²) in [5, 5.41) is 6.35. The van der Waals surface area contributed by atoms with Gasteiger partial charge in [-0.25, -0.2) is 9.97 Å². The fourth-order valence-corrected chi connectivity index (χ4v) is 1.38. The van der Waals surface area contributed by atoms with E-state index < -0.39 is 17.8 Å². The normalized spacial score (nSPS) is 11.3. The first kappa shape index (κ1) is 13.8. The Bertz CT molecular complexity index is 623. The van der Waals surface area contributed by atoms with Crippen molar-refractivity contribution in [3.05, 3.63) is 30.4 Å². The molecule has 0 saturated heterocycles. The second kappa shape index (κ2) is 5.15. The molecule has 0 radical (unpaired) electrons. The first-order chi connectivity index (χ1) is 9.34. The smallest absolute Gasteiger partial charge is 0.368 e. The van der Waals surface area contributed by atoms with E-state index in [1.165, 1.54) is 17.1 Å². The van der Waals surface area contributed by atoms with E-state index in [0.29, 0.717) is 5.69 Å². The van der Waals surface area contributed by atoms with Gasteiger partial charge in [0.1, 0.15) is 12.2 Å². The van der Waals surface area contributed by atoms with E-state index in [1.54, 1.807) is 0 Å². The molecule has 0 saturated carbocycles. The van der Waals surface area contributed by atoms with Crippen molar-refractivity contribution in [2.24, 2.45) is 5.73 Å². The number of amides is 1. The molecule has 2 aromatic heterocycles. The number of hydrogen-bond acceptors (Lipinski definition) is 5. The maximum Gasteiger partial charge on any atom is 0.433 e. The fraction of sp³-hybridized carbons (Fsp3) is 0.200. The van der Waals surface area contributed by atoms with Crippen LogP contribution in [0.2, 0.25) is 0 Å².